The van der Waals surface area contributed by atoms with Crippen molar-refractivity contribution in [1.29, 1.82) is 0 Å². The van der Waals surface area contributed by atoms with Gasteiger partial charge in [0.2, 0.25) is 0 Å². The molecule has 0 radical (unpaired) electrons. The summed E-state index contributed by atoms with van der Waals surface area (Å²) in [6.07, 6.45) is 4.78. The van der Waals surface area contributed by atoms with Crippen molar-refractivity contribution in [3.63, 3.8) is 0 Å². The van der Waals surface area contributed by atoms with Crippen LogP contribution in [0.1, 0.15) is 42.4 Å². The number of rotatable bonds is 4. The van der Waals surface area contributed by atoms with Crippen molar-refractivity contribution < 1.29 is 9.84 Å². The summed E-state index contributed by atoms with van der Waals surface area (Å²) in [5.74, 6) is 0.506. The van der Waals surface area contributed by atoms with Crippen molar-refractivity contribution in [3.8, 4) is 0 Å². The van der Waals surface area contributed by atoms with E-state index < -0.39 is 0 Å². The third kappa shape index (κ3) is 3.56. The fourth-order valence-electron chi connectivity index (χ4n) is 2.59. The largest absolute Gasteiger partial charge is 0.396 e. The zero-order valence-electron chi connectivity index (χ0n) is 11.5. The topological polar surface area (TPSA) is 29.5 Å². The van der Waals surface area contributed by atoms with E-state index in [0.29, 0.717) is 18.6 Å². The minimum Gasteiger partial charge on any atom is -0.396 e. The summed E-state index contributed by atoms with van der Waals surface area (Å²) in [4.78, 5) is 0. The highest BCUT2D eigenvalue weighted by molar-refractivity contribution is 5.29. The van der Waals surface area contributed by atoms with Crippen LogP contribution in [0.3, 0.4) is 0 Å². The molecule has 0 amide bonds. The molecule has 1 aromatic carbocycles. The van der Waals surface area contributed by atoms with Crippen LogP contribution in [-0.2, 0) is 11.3 Å². The van der Waals surface area contributed by atoms with Crippen LogP contribution in [0, 0.1) is 19.8 Å². The number of hydrogen-bond acceptors (Lipinski definition) is 2. The van der Waals surface area contributed by atoms with Gasteiger partial charge in [-0.25, -0.2) is 0 Å². The van der Waals surface area contributed by atoms with Gasteiger partial charge >= 0.3 is 0 Å². The SMILES string of the molecule is Cc1ccc(COC2CCC(CO)CC2)cc1C. The average molecular weight is 248 g/mol. The van der Waals surface area contributed by atoms with Crippen molar-refractivity contribution in [2.24, 2.45) is 5.92 Å². The molecule has 0 heterocycles. The van der Waals surface area contributed by atoms with Gasteiger partial charge in [0, 0.05) is 6.61 Å². The summed E-state index contributed by atoms with van der Waals surface area (Å²) in [7, 11) is 0. The quantitative estimate of drug-likeness (QED) is 0.885. The molecular formula is C16H24O2. The molecule has 1 aliphatic carbocycles. The maximum absolute atomic E-state index is 9.10. The van der Waals surface area contributed by atoms with Gasteiger partial charge in [-0.2, -0.15) is 0 Å². The van der Waals surface area contributed by atoms with E-state index in [1.54, 1.807) is 0 Å². The minimum absolute atomic E-state index is 0.337. The Balaban J connectivity index is 1.79. The predicted molar refractivity (Wildman–Crippen MR) is 73.5 cm³/mol. The second-order valence-electron chi connectivity index (χ2n) is 5.55. The van der Waals surface area contributed by atoms with Crippen molar-refractivity contribution >= 4 is 0 Å². The molecule has 0 aliphatic heterocycles. The number of benzene rings is 1. The normalized spacial score (nSPS) is 24.2. The lowest BCUT2D eigenvalue weighted by atomic mass is 9.88. The van der Waals surface area contributed by atoms with Crippen LogP contribution >= 0.6 is 0 Å². The monoisotopic (exact) mass is 248 g/mol. The summed E-state index contributed by atoms with van der Waals surface area (Å²) in [5.41, 5.74) is 3.93. The Morgan fingerprint density at radius 3 is 2.44 bits per heavy atom. The Morgan fingerprint density at radius 2 is 1.83 bits per heavy atom. The van der Waals surface area contributed by atoms with Crippen LogP contribution in [0.2, 0.25) is 0 Å². The lowest BCUT2D eigenvalue weighted by molar-refractivity contribution is 0.00118. The molecule has 0 spiro atoms. The van der Waals surface area contributed by atoms with Gasteiger partial charge in [-0.15, -0.1) is 0 Å². The van der Waals surface area contributed by atoms with Gasteiger partial charge in [0.1, 0.15) is 0 Å². The van der Waals surface area contributed by atoms with E-state index in [0.717, 1.165) is 32.3 Å². The molecule has 1 fully saturated rings. The second-order valence-corrected chi connectivity index (χ2v) is 5.55. The highest BCUT2D eigenvalue weighted by Crippen LogP contribution is 2.26. The molecule has 2 rings (SSSR count). The van der Waals surface area contributed by atoms with Crippen LogP contribution in [-0.4, -0.2) is 17.8 Å². The molecule has 2 heteroatoms. The zero-order valence-corrected chi connectivity index (χ0v) is 11.5. The summed E-state index contributed by atoms with van der Waals surface area (Å²) < 4.78 is 5.98. The lowest BCUT2D eigenvalue weighted by Crippen LogP contribution is -2.23. The van der Waals surface area contributed by atoms with E-state index in [1.807, 2.05) is 0 Å². The highest BCUT2D eigenvalue weighted by Gasteiger charge is 2.20. The first-order chi connectivity index (χ1) is 8.69. The van der Waals surface area contributed by atoms with E-state index in [1.165, 1.54) is 16.7 Å². The van der Waals surface area contributed by atoms with E-state index in [2.05, 4.69) is 32.0 Å². The maximum Gasteiger partial charge on any atom is 0.0720 e. The van der Waals surface area contributed by atoms with Gasteiger partial charge in [-0.05, 0) is 62.1 Å². The first-order valence-corrected chi connectivity index (χ1v) is 6.97. The van der Waals surface area contributed by atoms with E-state index >= 15 is 0 Å². The van der Waals surface area contributed by atoms with Crippen LogP contribution in [0.5, 0.6) is 0 Å². The van der Waals surface area contributed by atoms with Crippen molar-refractivity contribution in [2.45, 2.75) is 52.2 Å². The molecule has 1 saturated carbocycles. The molecule has 18 heavy (non-hydrogen) atoms. The van der Waals surface area contributed by atoms with Crippen LogP contribution in [0.15, 0.2) is 18.2 Å². The van der Waals surface area contributed by atoms with Crippen LogP contribution < -0.4 is 0 Å². The first kappa shape index (κ1) is 13.6. The van der Waals surface area contributed by atoms with Gasteiger partial charge in [-0.1, -0.05) is 18.2 Å². The molecule has 100 valence electrons. The minimum atomic E-state index is 0.337. The Morgan fingerprint density at radius 1 is 1.11 bits per heavy atom. The Bertz CT molecular complexity index is 379. The Hall–Kier alpha value is -0.860. The molecular weight excluding hydrogens is 224 g/mol. The average Bonchev–Trinajstić information content (AvgIpc) is 2.41. The molecule has 1 aromatic rings. The first-order valence-electron chi connectivity index (χ1n) is 6.97. The van der Waals surface area contributed by atoms with Crippen molar-refractivity contribution in [1.82, 2.24) is 0 Å². The Labute approximate surface area is 110 Å². The number of aliphatic hydroxyl groups excluding tert-OH is 1. The molecule has 2 nitrogen and oxygen atoms in total. The molecule has 1 aliphatic rings. The summed E-state index contributed by atoms with van der Waals surface area (Å²) in [5, 5.41) is 9.10. The van der Waals surface area contributed by atoms with E-state index in [4.69, 9.17) is 9.84 Å². The molecule has 1 N–H and O–H groups in total. The zero-order chi connectivity index (χ0) is 13.0. The fourth-order valence-corrected chi connectivity index (χ4v) is 2.59. The van der Waals surface area contributed by atoms with Crippen molar-refractivity contribution in [3.05, 3.63) is 34.9 Å². The smallest absolute Gasteiger partial charge is 0.0720 e. The van der Waals surface area contributed by atoms with Gasteiger partial charge in [0.05, 0.1) is 12.7 Å². The number of ether oxygens (including phenoxy) is 1. The van der Waals surface area contributed by atoms with Gasteiger partial charge in [0.15, 0.2) is 0 Å². The highest BCUT2D eigenvalue weighted by atomic mass is 16.5. The molecule has 0 atom stereocenters. The van der Waals surface area contributed by atoms with Gasteiger partial charge < -0.3 is 9.84 Å². The fraction of sp³-hybridized carbons (Fsp3) is 0.625. The predicted octanol–water partition coefficient (Wildman–Crippen LogP) is 3.37. The third-order valence-electron chi connectivity index (χ3n) is 4.11. The molecule has 0 aromatic heterocycles. The maximum atomic E-state index is 9.10. The van der Waals surface area contributed by atoms with Crippen LogP contribution in [0.4, 0.5) is 0 Å². The summed E-state index contributed by atoms with van der Waals surface area (Å²) >= 11 is 0. The molecule has 0 unspecified atom stereocenters. The summed E-state index contributed by atoms with van der Waals surface area (Å²) in [6, 6.07) is 6.53. The van der Waals surface area contributed by atoms with Gasteiger partial charge in [0.25, 0.3) is 0 Å². The van der Waals surface area contributed by atoms with Crippen LogP contribution in [0.25, 0.3) is 0 Å². The van der Waals surface area contributed by atoms with E-state index in [-0.39, 0.29) is 0 Å². The molecule has 0 bridgehead atoms. The number of hydrogen-bond donors (Lipinski definition) is 1. The van der Waals surface area contributed by atoms with Crippen molar-refractivity contribution in [2.75, 3.05) is 6.61 Å². The molecule has 0 saturated heterocycles. The van der Waals surface area contributed by atoms with Gasteiger partial charge in [-0.3, -0.25) is 0 Å². The standard InChI is InChI=1S/C16H24O2/c1-12-3-4-15(9-13(12)2)11-18-16-7-5-14(10-17)6-8-16/h3-4,9,14,16-17H,5-8,10-11H2,1-2H3. The second kappa shape index (κ2) is 6.35. The summed E-state index contributed by atoms with van der Waals surface area (Å²) in [6.45, 7) is 5.33. The third-order valence-corrected chi connectivity index (χ3v) is 4.11. The lowest BCUT2D eigenvalue weighted by Gasteiger charge is -2.27. The van der Waals surface area contributed by atoms with E-state index in [9.17, 15) is 0 Å². The number of aliphatic hydroxyl groups is 1. The number of aryl methyl sites for hydroxylation is 2. The Kier molecular flexibility index (Phi) is 4.79.